The zero-order valence-corrected chi connectivity index (χ0v) is 9.97. The molecule has 0 bridgehead atoms. The quantitative estimate of drug-likeness (QED) is 0.628. The Balaban J connectivity index is 2.10. The third-order valence-corrected chi connectivity index (χ3v) is 3.22. The summed E-state index contributed by atoms with van der Waals surface area (Å²) >= 11 is 5.02. The van der Waals surface area contributed by atoms with E-state index in [1.54, 1.807) is 11.3 Å². The average Bonchev–Trinajstić information content (AvgIpc) is 2.65. The Morgan fingerprint density at radius 3 is 3.21 bits per heavy atom. The van der Waals surface area contributed by atoms with E-state index in [1.807, 2.05) is 17.6 Å². The Morgan fingerprint density at radius 1 is 1.43 bits per heavy atom. The summed E-state index contributed by atoms with van der Waals surface area (Å²) in [6.45, 7) is 0.751. The predicted octanol–water partition coefficient (Wildman–Crippen LogP) is 3.46. The van der Waals surface area contributed by atoms with Gasteiger partial charge in [0.25, 0.3) is 0 Å². The van der Waals surface area contributed by atoms with Gasteiger partial charge in [-0.25, -0.2) is 4.98 Å². The zero-order chi connectivity index (χ0) is 9.80. The minimum absolute atomic E-state index is 0.751. The molecule has 0 aliphatic rings. The van der Waals surface area contributed by atoms with Crippen LogP contribution < -0.4 is 4.74 Å². The van der Waals surface area contributed by atoms with Crippen LogP contribution in [-0.2, 0) is 0 Å². The van der Waals surface area contributed by atoms with Crippen molar-refractivity contribution in [1.82, 2.24) is 4.98 Å². The number of hydrogen-bond donors (Lipinski definition) is 0. The van der Waals surface area contributed by atoms with Gasteiger partial charge < -0.3 is 4.74 Å². The van der Waals surface area contributed by atoms with E-state index >= 15 is 0 Å². The number of aromatic nitrogens is 1. The van der Waals surface area contributed by atoms with Gasteiger partial charge in [0.05, 0.1) is 22.3 Å². The molecule has 0 radical (unpaired) electrons. The molecule has 14 heavy (non-hydrogen) atoms. The fraction of sp³-hybridized carbons (Fsp3) is 0.300. The summed E-state index contributed by atoms with van der Waals surface area (Å²) in [6, 6.07) is 6.03. The van der Waals surface area contributed by atoms with E-state index in [0.29, 0.717) is 0 Å². The molecule has 0 amide bonds. The van der Waals surface area contributed by atoms with E-state index in [2.05, 4.69) is 27.0 Å². The zero-order valence-electron chi connectivity index (χ0n) is 7.57. The molecular weight excluding hydrogens is 262 g/mol. The third-order valence-electron chi connectivity index (χ3n) is 1.85. The molecule has 1 aromatic carbocycles. The Kier molecular flexibility index (Phi) is 3.37. The van der Waals surface area contributed by atoms with Crippen molar-refractivity contribution < 1.29 is 4.74 Å². The van der Waals surface area contributed by atoms with Crippen molar-refractivity contribution >= 4 is 37.5 Å². The average molecular weight is 272 g/mol. The van der Waals surface area contributed by atoms with Crippen LogP contribution >= 0.6 is 27.3 Å². The van der Waals surface area contributed by atoms with E-state index in [1.165, 1.54) is 4.70 Å². The maximum atomic E-state index is 5.56. The molecule has 0 aliphatic carbocycles. The van der Waals surface area contributed by atoms with Crippen molar-refractivity contribution in [2.24, 2.45) is 0 Å². The summed E-state index contributed by atoms with van der Waals surface area (Å²) in [6.07, 6.45) is 1.02. The highest BCUT2D eigenvalue weighted by Gasteiger charge is 1.98. The van der Waals surface area contributed by atoms with Crippen molar-refractivity contribution in [2.45, 2.75) is 6.42 Å². The van der Waals surface area contributed by atoms with E-state index in [0.717, 1.165) is 29.6 Å². The summed E-state index contributed by atoms with van der Waals surface area (Å²) in [5, 5.41) is 0.978. The molecule has 0 spiro atoms. The number of ether oxygens (including phenoxy) is 1. The molecule has 0 fully saturated rings. The van der Waals surface area contributed by atoms with Gasteiger partial charge in [0, 0.05) is 11.4 Å². The van der Waals surface area contributed by atoms with Gasteiger partial charge in [0.2, 0.25) is 0 Å². The van der Waals surface area contributed by atoms with E-state index < -0.39 is 0 Å². The molecule has 0 aliphatic heterocycles. The van der Waals surface area contributed by atoms with Crippen molar-refractivity contribution in [3.63, 3.8) is 0 Å². The molecule has 0 saturated heterocycles. The summed E-state index contributed by atoms with van der Waals surface area (Å²) in [4.78, 5) is 4.24. The molecule has 0 N–H and O–H groups in total. The molecule has 1 heterocycles. The Hall–Kier alpha value is -0.610. The Labute approximate surface area is 95.0 Å². The standard InChI is InChI=1S/C10H10BrNOS/c11-4-1-5-13-8-2-3-10-9(6-8)12-7-14-10/h2-3,6-7H,1,4-5H2. The first-order valence-corrected chi connectivity index (χ1v) is 6.42. The van der Waals surface area contributed by atoms with Gasteiger partial charge in [0.1, 0.15) is 5.75 Å². The van der Waals surface area contributed by atoms with Crippen LogP contribution in [-0.4, -0.2) is 16.9 Å². The highest BCUT2D eigenvalue weighted by molar-refractivity contribution is 9.09. The highest BCUT2D eigenvalue weighted by atomic mass is 79.9. The number of fused-ring (bicyclic) bond motifs is 1. The van der Waals surface area contributed by atoms with Gasteiger partial charge in [-0.2, -0.15) is 0 Å². The molecule has 2 rings (SSSR count). The van der Waals surface area contributed by atoms with E-state index in [4.69, 9.17) is 4.74 Å². The molecule has 1 aromatic heterocycles. The normalized spacial score (nSPS) is 10.6. The van der Waals surface area contributed by atoms with Crippen LogP contribution in [0.1, 0.15) is 6.42 Å². The summed E-state index contributed by atoms with van der Waals surface area (Å²) in [5.41, 5.74) is 2.87. The Bertz CT molecular complexity index is 415. The van der Waals surface area contributed by atoms with Crippen LogP contribution in [0.25, 0.3) is 10.2 Å². The molecule has 2 nitrogen and oxygen atoms in total. The monoisotopic (exact) mass is 271 g/mol. The minimum atomic E-state index is 0.751. The highest BCUT2D eigenvalue weighted by Crippen LogP contribution is 2.22. The second kappa shape index (κ2) is 4.75. The lowest BCUT2D eigenvalue weighted by atomic mass is 10.3. The number of alkyl halides is 1. The SMILES string of the molecule is BrCCCOc1ccc2scnc2c1. The lowest BCUT2D eigenvalue weighted by Crippen LogP contribution is -1.97. The van der Waals surface area contributed by atoms with Gasteiger partial charge in [-0.15, -0.1) is 11.3 Å². The molecule has 4 heteroatoms. The molecule has 2 aromatic rings. The topological polar surface area (TPSA) is 22.1 Å². The van der Waals surface area contributed by atoms with Crippen LogP contribution in [0, 0.1) is 0 Å². The fourth-order valence-electron chi connectivity index (χ4n) is 1.17. The van der Waals surface area contributed by atoms with Gasteiger partial charge in [0.15, 0.2) is 0 Å². The van der Waals surface area contributed by atoms with E-state index in [-0.39, 0.29) is 0 Å². The van der Waals surface area contributed by atoms with Gasteiger partial charge in [-0.1, -0.05) is 15.9 Å². The lowest BCUT2D eigenvalue weighted by molar-refractivity contribution is 0.319. The van der Waals surface area contributed by atoms with Crippen LogP contribution in [0.3, 0.4) is 0 Å². The Morgan fingerprint density at radius 2 is 2.36 bits per heavy atom. The summed E-state index contributed by atoms with van der Waals surface area (Å²) in [5.74, 6) is 0.907. The number of hydrogen-bond acceptors (Lipinski definition) is 3. The molecule has 74 valence electrons. The molecule has 0 unspecified atom stereocenters. The van der Waals surface area contributed by atoms with Crippen LogP contribution in [0.2, 0.25) is 0 Å². The molecular formula is C10H10BrNOS. The number of rotatable bonds is 4. The van der Waals surface area contributed by atoms with Gasteiger partial charge >= 0.3 is 0 Å². The van der Waals surface area contributed by atoms with Crippen LogP contribution in [0.5, 0.6) is 5.75 Å². The smallest absolute Gasteiger partial charge is 0.121 e. The summed E-state index contributed by atoms with van der Waals surface area (Å²) in [7, 11) is 0. The molecule has 0 saturated carbocycles. The van der Waals surface area contributed by atoms with Crippen molar-refractivity contribution in [2.75, 3.05) is 11.9 Å². The minimum Gasteiger partial charge on any atom is -0.493 e. The first kappa shape index (κ1) is 9.93. The number of nitrogens with zero attached hydrogens (tertiary/aromatic N) is 1. The third kappa shape index (κ3) is 2.25. The van der Waals surface area contributed by atoms with Gasteiger partial charge in [-0.3, -0.25) is 0 Å². The number of halogens is 1. The lowest BCUT2D eigenvalue weighted by Gasteiger charge is -2.03. The second-order valence-corrected chi connectivity index (χ2v) is 4.55. The number of benzene rings is 1. The van der Waals surface area contributed by atoms with E-state index in [9.17, 15) is 0 Å². The van der Waals surface area contributed by atoms with Crippen molar-refractivity contribution in [3.05, 3.63) is 23.7 Å². The first-order chi connectivity index (χ1) is 6.90. The van der Waals surface area contributed by atoms with Crippen LogP contribution in [0.4, 0.5) is 0 Å². The van der Waals surface area contributed by atoms with Crippen LogP contribution in [0.15, 0.2) is 23.7 Å². The maximum Gasteiger partial charge on any atom is 0.121 e. The largest absolute Gasteiger partial charge is 0.493 e. The number of thiazole rings is 1. The van der Waals surface area contributed by atoms with Crippen molar-refractivity contribution in [3.8, 4) is 5.75 Å². The first-order valence-electron chi connectivity index (χ1n) is 4.42. The maximum absolute atomic E-state index is 5.56. The fourth-order valence-corrected chi connectivity index (χ4v) is 2.06. The predicted molar refractivity (Wildman–Crippen MR) is 63.5 cm³/mol. The second-order valence-electron chi connectivity index (χ2n) is 2.87. The van der Waals surface area contributed by atoms with Gasteiger partial charge in [-0.05, 0) is 18.6 Å². The summed E-state index contributed by atoms with van der Waals surface area (Å²) < 4.78 is 6.76. The molecule has 0 atom stereocenters. The van der Waals surface area contributed by atoms with Crippen molar-refractivity contribution in [1.29, 1.82) is 0 Å².